The van der Waals surface area contributed by atoms with E-state index in [0.717, 1.165) is 28.7 Å². The van der Waals surface area contributed by atoms with Crippen LogP contribution in [0.15, 0.2) is 58.8 Å². The lowest BCUT2D eigenvalue weighted by Crippen LogP contribution is -2.36. The van der Waals surface area contributed by atoms with Gasteiger partial charge in [-0.3, -0.25) is 4.79 Å². The van der Waals surface area contributed by atoms with Gasteiger partial charge in [0.2, 0.25) is 0 Å². The smallest absolute Gasteiger partial charge is 0.337 e. The molecule has 1 amide bonds. The van der Waals surface area contributed by atoms with Crippen LogP contribution in [-0.2, 0) is 16.8 Å². The normalized spacial score (nSPS) is 12.1. The molecule has 0 saturated carbocycles. The predicted octanol–water partition coefficient (Wildman–Crippen LogP) is 4.02. The van der Waals surface area contributed by atoms with Gasteiger partial charge in [0.05, 0.1) is 28.7 Å². The van der Waals surface area contributed by atoms with Crippen molar-refractivity contribution in [2.45, 2.75) is 51.7 Å². The van der Waals surface area contributed by atoms with E-state index in [-0.39, 0.29) is 22.8 Å². The molecule has 0 aliphatic carbocycles. The van der Waals surface area contributed by atoms with Crippen molar-refractivity contribution in [3.63, 3.8) is 0 Å². The minimum Gasteiger partial charge on any atom is -0.508 e. The van der Waals surface area contributed by atoms with E-state index in [2.05, 4.69) is 77.3 Å². The number of aromatic hydroxyl groups is 1. The topological polar surface area (TPSA) is 94.2 Å². The average molecular weight is 453 g/mol. The summed E-state index contributed by atoms with van der Waals surface area (Å²) in [5.41, 5.74) is 6.50. The van der Waals surface area contributed by atoms with Crippen LogP contribution in [0.3, 0.4) is 0 Å². The Morgan fingerprint density at radius 1 is 1.16 bits per heavy atom. The molecule has 0 unspecified atom stereocenters. The van der Waals surface area contributed by atoms with Crippen LogP contribution in [0.1, 0.15) is 45.7 Å². The molecule has 0 fully saturated rings. The van der Waals surface area contributed by atoms with Crippen molar-refractivity contribution in [2.75, 3.05) is 5.75 Å². The van der Waals surface area contributed by atoms with Gasteiger partial charge in [0.15, 0.2) is 0 Å². The molecule has 1 heterocycles. The standard InChI is InChI=1S/C24H29N5O2S/c1-6-29-22(18-7-11-19(12-8-18)24(3,4)5)27-28-23(29)32-15-21(31)26-25-16(2)17-9-13-20(30)14-10-17/h7-14H,6,15H2,1-5H3,(H2,25,26,30,31)/p+1. The number of aromatic nitrogens is 3. The van der Waals surface area contributed by atoms with Gasteiger partial charge in [0.1, 0.15) is 5.75 Å². The summed E-state index contributed by atoms with van der Waals surface area (Å²) >= 11 is 1.36. The SMILES string of the molecule is CC[n+]1c(SCC(=O)NN=C(C)c2ccc(O)cc2)n[nH]c1-c1ccc(C(C)(C)C)cc1. The fourth-order valence-electron chi connectivity index (χ4n) is 3.14. The molecule has 8 heteroatoms. The van der Waals surface area contributed by atoms with Gasteiger partial charge in [-0.15, -0.1) is 5.10 Å². The number of rotatable bonds is 7. The summed E-state index contributed by atoms with van der Waals surface area (Å²) in [4.78, 5) is 12.3. The monoisotopic (exact) mass is 452 g/mol. The van der Waals surface area contributed by atoms with Crippen LogP contribution >= 0.6 is 11.8 Å². The molecule has 168 valence electrons. The van der Waals surface area contributed by atoms with Crippen molar-refractivity contribution in [3.05, 3.63) is 59.7 Å². The molecule has 3 N–H and O–H groups in total. The lowest BCUT2D eigenvalue weighted by Gasteiger charge is -2.18. The summed E-state index contributed by atoms with van der Waals surface area (Å²) in [5, 5.41) is 21.8. The third-order valence-corrected chi connectivity index (χ3v) is 6.04. The number of benzene rings is 2. The highest BCUT2D eigenvalue weighted by atomic mass is 32.2. The Kier molecular flexibility index (Phi) is 7.35. The third-order valence-electron chi connectivity index (χ3n) is 5.06. The molecule has 3 rings (SSSR count). The first-order chi connectivity index (χ1) is 15.2. The summed E-state index contributed by atoms with van der Waals surface area (Å²) in [6.07, 6.45) is 0. The number of nitrogens with one attached hydrogen (secondary N) is 2. The Hall–Kier alpha value is -3.13. The number of hydrogen-bond acceptors (Lipinski definition) is 5. The Balaban J connectivity index is 1.64. The van der Waals surface area contributed by atoms with E-state index in [1.807, 2.05) is 0 Å². The summed E-state index contributed by atoms with van der Waals surface area (Å²) in [6.45, 7) is 11.2. The van der Waals surface area contributed by atoms with Gasteiger partial charge in [-0.05, 0) is 78.5 Å². The number of H-pyrrole nitrogens is 1. The van der Waals surface area contributed by atoms with E-state index >= 15 is 0 Å². The van der Waals surface area contributed by atoms with Crippen LogP contribution in [-0.4, -0.2) is 32.7 Å². The van der Waals surface area contributed by atoms with Crippen molar-refractivity contribution in [2.24, 2.45) is 5.10 Å². The van der Waals surface area contributed by atoms with Crippen molar-refractivity contribution < 1.29 is 14.5 Å². The van der Waals surface area contributed by atoms with E-state index in [0.29, 0.717) is 5.71 Å². The zero-order chi connectivity index (χ0) is 23.3. The molecule has 0 bridgehead atoms. The summed E-state index contributed by atoms with van der Waals surface area (Å²) in [7, 11) is 0. The number of thioether (sulfide) groups is 1. The van der Waals surface area contributed by atoms with Gasteiger partial charge >= 0.3 is 5.16 Å². The zero-order valence-electron chi connectivity index (χ0n) is 19.1. The molecule has 0 radical (unpaired) electrons. The van der Waals surface area contributed by atoms with Crippen molar-refractivity contribution in [1.82, 2.24) is 15.6 Å². The molecular weight excluding hydrogens is 422 g/mol. The second kappa shape index (κ2) is 9.99. The first-order valence-corrected chi connectivity index (χ1v) is 11.5. The number of aromatic amines is 1. The van der Waals surface area contributed by atoms with Crippen LogP contribution in [0.4, 0.5) is 0 Å². The van der Waals surface area contributed by atoms with Crippen LogP contribution in [0.2, 0.25) is 0 Å². The predicted molar refractivity (Wildman–Crippen MR) is 128 cm³/mol. The first kappa shape index (κ1) is 23.5. The van der Waals surface area contributed by atoms with Crippen LogP contribution in [0.5, 0.6) is 5.75 Å². The van der Waals surface area contributed by atoms with E-state index < -0.39 is 0 Å². The quantitative estimate of drug-likeness (QED) is 0.218. The number of phenolic OH excluding ortho intramolecular Hbond substituents is 1. The summed E-state index contributed by atoms with van der Waals surface area (Å²) in [5.74, 6) is 1.08. The molecule has 0 aliphatic heterocycles. The highest BCUT2D eigenvalue weighted by molar-refractivity contribution is 7.99. The minimum atomic E-state index is -0.213. The molecule has 2 aromatic carbocycles. The molecule has 32 heavy (non-hydrogen) atoms. The number of carbonyl (C=O) groups is 1. The van der Waals surface area contributed by atoms with Gasteiger partial charge in [-0.1, -0.05) is 32.9 Å². The van der Waals surface area contributed by atoms with E-state index in [9.17, 15) is 9.90 Å². The molecule has 1 aromatic heterocycles. The lowest BCUT2D eigenvalue weighted by atomic mass is 9.87. The maximum Gasteiger partial charge on any atom is 0.337 e. The van der Waals surface area contributed by atoms with E-state index in [4.69, 9.17) is 0 Å². The number of phenols is 1. The van der Waals surface area contributed by atoms with Crippen molar-refractivity contribution in [3.8, 4) is 17.1 Å². The lowest BCUT2D eigenvalue weighted by molar-refractivity contribution is -0.719. The Morgan fingerprint density at radius 3 is 2.41 bits per heavy atom. The fourth-order valence-corrected chi connectivity index (χ4v) is 3.96. The average Bonchev–Trinajstić information content (AvgIpc) is 3.19. The van der Waals surface area contributed by atoms with Gasteiger partial charge in [0, 0.05) is 0 Å². The third kappa shape index (κ3) is 5.76. The van der Waals surface area contributed by atoms with Gasteiger partial charge in [-0.2, -0.15) is 5.10 Å². The number of hydrazone groups is 1. The van der Waals surface area contributed by atoms with Gasteiger partial charge < -0.3 is 5.11 Å². The molecule has 3 aromatic rings. The second-order valence-corrected chi connectivity index (χ2v) is 9.44. The minimum absolute atomic E-state index is 0.102. The highest BCUT2D eigenvalue weighted by Crippen LogP contribution is 2.25. The Labute approximate surface area is 193 Å². The van der Waals surface area contributed by atoms with Crippen LogP contribution in [0, 0.1) is 0 Å². The number of nitrogens with zero attached hydrogens (tertiary/aromatic N) is 3. The van der Waals surface area contributed by atoms with Crippen molar-refractivity contribution in [1.29, 1.82) is 0 Å². The Morgan fingerprint density at radius 2 is 1.81 bits per heavy atom. The number of amides is 1. The largest absolute Gasteiger partial charge is 0.508 e. The molecular formula is C24H30N5O2S+. The van der Waals surface area contributed by atoms with Gasteiger partial charge in [0.25, 0.3) is 11.7 Å². The molecule has 0 spiro atoms. The number of hydrogen-bond donors (Lipinski definition) is 3. The van der Waals surface area contributed by atoms with Crippen molar-refractivity contribution >= 4 is 23.4 Å². The molecule has 0 saturated heterocycles. The fraction of sp³-hybridized carbons (Fsp3) is 0.333. The maximum absolute atomic E-state index is 12.3. The van der Waals surface area contributed by atoms with E-state index in [1.54, 1.807) is 31.2 Å². The van der Waals surface area contributed by atoms with Gasteiger partial charge in [-0.25, -0.2) is 9.99 Å². The molecule has 7 nitrogen and oxygen atoms in total. The maximum atomic E-state index is 12.3. The zero-order valence-corrected chi connectivity index (χ0v) is 20.0. The second-order valence-electron chi connectivity index (χ2n) is 8.49. The molecule has 0 atom stereocenters. The Bertz CT molecular complexity index is 1100. The van der Waals surface area contributed by atoms with E-state index in [1.165, 1.54) is 17.3 Å². The van der Waals surface area contributed by atoms with Crippen LogP contribution < -0.4 is 9.99 Å². The first-order valence-electron chi connectivity index (χ1n) is 10.5. The van der Waals surface area contributed by atoms with Crippen LogP contribution in [0.25, 0.3) is 11.4 Å². The molecule has 0 aliphatic rings. The highest BCUT2D eigenvalue weighted by Gasteiger charge is 2.22. The summed E-state index contributed by atoms with van der Waals surface area (Å²) in [6, 6.07) is 15.2. The summed E-state index contributed by atoms with van der Waals surface area (Å²) < 4.78 is 2.06. The number of carbonyl (C=O) groups excluding carboxylic acids is 1.